The second-order valence-corrected chi connectivity index (χ2v) is 5.12. The van der Waals surface area contributed by atoms with Crippen molar-refractivity contribution in [1.82, 2.24) is 9.78 Å². The monoisotopic (exact) mass is 213 g/mol. The SMILES string of the molecule is Cn1cc(CC(F)(CN)C(C)(C)C)cn1. The van der Waals surface area contributed by atoms with Crippen LogP contribution in [0.3, 0.4) is 0 Å². The zero-order valence-electron chi connectivity index (χ0n) is 9.92. The zero-order valence-corrected chi connectivity index (χ0v) is 9.92. The number of alkyl halides is 1. The maximum atomic E-state index is 14.6. The summed E-state index contributed by atoms with van der Waals surface area (Å²) < 4.78 is 16.2. The van der Waals surface area contributed by atoms with Gasteiger partial charge in [-0.3, -0.25) is 4.68 Å². The highest BCUT2D eigenvalue weighted by Gasteiger charge is 2.41. The fourth-order valence-electron chi connectivity index (χ4n) is 1.53. The van der Waals surface area contributed by atoms with E-state index in [0.29, 0.717) is 6.42 Å². The number of aryl methyl sites for hydroxylation is 1. The Morgan fingerprint density at radius 3 is 2.40 bits per heavy atom. The fraction of sp³-hybridized carbons (Fsp3) is 0.727. The van der Waals surface area contributed by atoms with Crippen molar-refractivity contribution in [2.75, 3.05) is 6.54 Å². The standard InChI is InChI=1S/C11H20FN3/c1-10(2,3)11(12,8-13)5-9-6-14-15(4)7-9/h6-7H,5,8,13H2,1-4H3. The zero-order chi connectivity index (χ0) is 11.7. The van der Waals surface area contributed by atoms with Crippen molar-refractivity contribution in [2.45, 2.75) is 32.9 Å². The second kappa shape index (κ2) is 3.93. The largest absolute Gasteiger partial charge is 0.327 e. The Bertz CT molecular complexity index is 327. The number of nitrogens with zero attached hydrogens (tertiary/aromatic N) is 2. The summed E-state index contributed by atoms with van der Waals surface area (Å²) in [6.07, 6.45) is 3.84. The number of hydrogen-bond acceptors (Lipinski definition) is 2. The van der Waals surface area contributed by atoms with Gasteiger partial charge in [0, 0.05) is 26.2 Å². The van der Waals surface area contributed by atoms with Gasteiger partial charge in [0.05, 0.1) is 6.20 Å². The summed E-state index contributed by atoms with van der Waals surface area (Å²) in [5.41, 5.74) is 4.60. The van der Waals surface area contributed by atoms with Crippen LogP contribution in [0.25, 0.3) is 0 Å². The normalized spacial score (nSPS) is 16.4. The molecule has 0 saturated heterocycles. The Morgan fingerprint density at radius 1 is 1.47 bits per heavy atom. The third-order valence-electron chi connectivity index (χ3n) is 2.91. The smallest absolute Gasteiger partial charge is 0.132 e. The number of nitrogens with two attached hydrogens (primary N) is 1. The molecule has 15 heavy (non-hydrogen) atoms. The van der Waals surface area contributed by atoms with Crippen LogP contribution >= 0.6 is 0 Å². The molecule has 0 spiro atoms. The van der Waals surface area contributed by atoms with Crippen LogP contribution < -0.4 is 5.73 Å². The van der Waals surface area contributed by atoms with E-state index < -0.39 is 11.1 Å². The van der Waals surface area contributed by atoms with Crippen LogP contribution in [-0.2, 0) is 13.5 Å². The second-order valence-electron chi connectivity index (χ2n) is 5.12. The molecule has 0 aromatic carbocycles. The van der Waals surface area contributed by atoms with Gasteiger partial charge in [0.25, 0.3) is 0 Å². The highest BCUT2D eigenvalue weighted by molar-refractivity contribution is 5.11. The van der Waals surface area contributed by atoms with Gasteiger partial charge in [0.2, 0.25) is 0 Å². The van der Waals surface area contributed by atoms with Gasteiger partial charge in [-0.25, -0.2) is 4.39 Å². The van der Waals surface area contributed by atoms with E-state index in [1.807, 2.05) is 34.0 Å². The van der Waals surface area contributed by atoms with Crippen LogP contribution in [0, 0.1) is 5.41 Å². The molecule has 0 radical (unpaired) electrons. The molecule has 4 heteroatoms. The Hall–Kier alpha value is -0.900. The molecule has 1 aromatic heterocycles. The van der Waals surface area contributed by atoms with Crippen LogP contribution in [0.15, 0.2) is 12.4 Å². The van der Waals surface area contributed by atoms with Crippen molar-refractivity contribution in [3.05, 3.63) is 18.0 Å². The van der Waals surface area contributed by atoms with E-state index in [0.717, 1.165) is 5.56 Å². The lowest BCUT2D eigenvalue weighted by atomic mass is 9.75. The van der Waals surface area contributed by atoms with Crippen molar-refractivity contribution in [2.24, 2.45) is 18.2 Å². The predicted octanol–water partition coefficient (Wildman–Crippen LogP) is 1.68. The van der Waals surface area contributed by atoms with E-state index in [2.05, 4.69) is 5.10 Å². The van der Waals surface area contributed by atoms with E-state index in [1.54, 1.807) is 10.9 Å². The summed E-state index contributed by atoms with van der Waals surface area (Å²) >= 11 is 0. The first-order valence-corrected chi connectivity index (χ1v) is 5.15. The molecule has 1 atom stereocenters. The average Bonchev–Trinajstić information content (AvgIpc) is 2.49. The van der Waals surface area contributed by atoms with E-state index in [1.165, 1.54) is 0 Å². The Morgan fingerprint density at radius 2 is 2.07 bits per heavy atom. The Kier molecular flexibility index (Phi) is 3.19. The van der Waals surface area contributed by atoms with Gasteiger partial charge in [-0.05, 0) is 11.0 Å². The minimum absolute atomic E-state index is 0.0331. The Balaban J connectivity index is 2.86. The lowest BCUT2D eigenvalue weighted by Gasteiger charge is -2.36. The molecule has 1 heterocycles. The summed E-state index contributed by atoms with van der Waals surface area (Å²) in [7, 11) is 1.82. The third-order valence-corrected chi connectivity index (χ3v) is 2.91. The molecule has 3 nitrogen and oxygen atoms in total. The van der Waals surface area contributed by atoms with E-state index >= 15 is 0 Å². The van der Waals surface area contributed by atoms with Gasteiger partial charge in [-0.15, -0.1) is 0 Å². The fourth-order valence-corrected chi connectivity index (χ4v) is 1.53. The Labute approximate surface area is 90.5 Å². The third kappa shape index (κ3) is 2.56. The molecular formula is C11H20FN3. The number of halogens is 1. The lowest BCUT2D eigenvalue weighted by Crippen LogP contribution is -2.47. The van der Waals surface area contributed by atoms with Crippen molar-refractivity contribution in [3.63, 3.8) is 0 Å². The molecule has 1 rings (SSSR count). The lowest BCUT2D eigenvalue weighted by molar-refractivity contribution is 0.0382. The van der Waals surface area contributed by atoms with E-state index in [-0.39, 0.29) is 6.54 Å². The molecule has 0 amide bonds. The van der Waals surface area contributed by atoms with E-state index in [9.17, 15) is 4.39 Å². The summed E-state index contributed by atoms with van der Waals surface area (Å²) in [5.74, 6) is 0. The van der Waals surface area contributed by atoms with Crippen molar-refractivity contribution in [1.29, 1.82) is 0 Å². The molecule has 0 aliphatic heterocycles. The molecule has 2 N–H and O–H groups in total. The summed E-state index contributed by atoms with van der Waals surface area (Å²) in [5, 5.41) is 4.03. The van der Waals surface area contributed by atoms with E-state index in [4.69, 9.17) is 5.73 Å². The van der Waals surface area contributed by atoms with Gasteiger partial charge >= 0.3 is 0 Å². The highest BCUT2D eigenvalue weighted by Crippen LogP contribution is 2.36. The summed E-state index contributed by atoms with van der Waals surface area (Å²) in [6, 6.07) is 0. The van der Waals surface area contributed by atoms with Gasteiger partial charge in [0.15, 0.2) is 0 Å². The van der Waals surface area contributed by atoms with Gasteiger partial charge in [0.1, 0.15) is 5.67 Å². The molecule has 0 bridgehead atoms. The van der Waals surface area contributed by atoms with Gasteiger partial charge in [-0.2, -0.15) is 5.10 Å². The van der Waals surface area contributed by atoms with Crippen LogP contribution in [0.5, 0.6) is 0 Å². The van der Waals surface area contributed by atoms with Crippen molar-refractivity contribution < 1.29 is 4.39 Å². The summed E-state index contributed by atoms with van der Waals surface area (Å²) in [4.78, 5) is 0. The molecule has 1 unspecified atom stereocenters. The number of hydrogen-bond donors (Lipinski definition) is 1. The molecule has 0 fully saturated rings. The maximum absolute atomic E-state index is 14.6. The maximum Gasteiger partial charge on any atom is 0.132 e. The van der Waals surface area contributed by atoms with Gasteiger partial charge in [-0.1, -0.05) is 20.8 Å². The number of rotatable bonds is 3. The average molecular weight is 213 g/mol. The molecule has 1 aromatic rings. The molecule has 86 valence electrons. The number of aromatic nitrogens is 2. The first-order chi connectivity index (χ1) is 6.78. The van der Waals surface area contributed by atoms with Crippen molar-refractivity contribution in [3.8, 4) is 0 Å². The first kappa shape index (κ1) is 12.2. The predicted molar refractivity (Wildman–Crippen MR) is 59.3 cm³/mol. The van der Waals surface area contributed by atoms with Gasteiger partial charge < -0.3 is 5.73 Å². The summed E-state index contributed by atoms with van der Waals surface area (Å²) in [6.45, 7) is 5.65. The van der Waals surface area contributed by atoms with Crippen molar-refractivity contribution >= 4 is 0 Å². The molecular weight excluding hydrogens is 193 g/mol. The quantitative estimate of drug-likeness (QED) is 0.830. The molecule has 0 saturated carbocycles. The minimum atomic E-state index is -1.38. The van der Waals surface area contributed by atoms with Crippen LogP contribution in [-0.4, -0.2) is 22.0 Å². The van der Waals surface area contributed by atoms with Crippen LogP contribution in [0.1, 0.15) is 26.3 Å². The molecule has 0 aliphatic rings. The first-order valence-electron chi connectivity index (χ1n) is 5.15. The van der Waals surface area contributed by atoms with Crippen LogP contribution in [0.4, 0.5) is 4.39 Å². The molecule has 0 aliphatic carbocycles. The van der Waals surface area contributed by atoms with Crippen LogP contribution in [0.2, 0.25) is 0 Å². The minimum Gasteiger partial charge on any atom is -0.327 e. The highest BCUT2D eigenvalue weighted by atomic mass is 19.1. The topological polar surface area (TPSA) is 43.8 Å².